The van der Waals surface area contributed by atoms with Gasteiger partial charge in [-0.05, 0) is 0 Å². The van der Waals surface area contributed by atoms with E-state index in [1.807, 2.05) is 5.32 Å². The standard InChI is InChI=1S/C10H17N3O6/c1-13(2)8(15)3-4-11-10(18)12-7(14)5-19-6-9(16)17/h3-6H2,1-2H3,(H,16,17)(H2,11,12,14,18). The lowest BCUT2D eigenvalue weighted by molar-refractivity contribution is -0.143. The van der Waals surface area contributed by atoms with E-state index < -0.39 is 31.1 Å². The summed E-state index contributed by atoms with van der Waals surface area (Å²) in [6, 6.07) is -0.768. The molecule has 0 aromatic carbocycles. The molecule has 0 bridgehead atoms. The summed E-state index contributed by atoms with van der Waals surface area (Å²) in [5, 5.41) is 12.5. The Labute approximate surface area is 109 Å². The molecular weight excluding hydrogens is 258 g/mol. The second-order valence-electron chi connectivity index (χ2n) is 3.73. The van der Waals surface area contributed by atoms with Crippen LogP contribution in [0.2, 0.25) is 0 Å². The monoisotopic (exact) mass is 275 g/mol. The molecule has 0 atom stereocenters. The minimum atomic E-state index is -1.21. The molecule has 0 aromatic heterocycles. The van der Waals surface area contributed by atoms with E-state index in [-0.39, 0.29) is 18.9 Å². The van der Waals surface area contributed by atoms with Crippen molar-refractivity contribution in [2.24, 2.45) is 0 Å². The molecule has 0 radical (unpaired) electrons. The van der Waals surface area contributed by atoms with Gasteiger partial charge in [-0.3, -0.25) is 14.9 Å². The van der Waals surface area contributed by atoms with Crippen molar-refractivity contribution in [1.29, 1.82) is 0 Å². The predicted molar refractivity (Wildman–Crippen MR) is 63.3 cm³/mol. The highest BCUT2D eigenvalue weighted by Crippen LogP contribution is 1.84. The van der Waals surface area contributed by atoms with Crippen LogP contribution in [0.5, 0.6) is 0 Å². The number of urea groups is 1. The van der Waals surface area contributed by atoms with Gasteiger partial charge >= 0.3 is 12.0 Å². The zero-order valence-corrected chi connectivity index (χ0v) is 10.8. The van der Waals surface area contributed by atoms with Crippen LogP contribution in [0.1, 0.15) is 6.42 Å². The third kappa shape index (κ3) is 9.53. The highest BCUT2D eigenvalue weighted by Gasteiger charge is 2.09. The van der Waals surface area contributed by atoms with E-state index in [9.17, 15) is 19.2 Å². The number of nitrogens with zero attached hydrogens (tertiary/aromatic N) is 1. The average molecular weight is 275 g/mol. The lowest BCUT2D eigenvalue weighted by Crippen LogP contribution is -2.42. The molecule has 0 heterocycles. The number of carbonyl (C=O) groups is 4. The predicted octanol–water partition coefficient (Wildman–Crippen LogP) is -1.61. The zero-order valence-electron chi connectivity index (χ0n) is 10.8. The Balaban J connectivity index is 3.71. The number of nitrogens with one attached hydrogen (secondary N) is 2. The van der Waals surface area contributed by atoms with Gasteiger partial charge in [0.15, 0.2) is 0 Å². The van der Waals surface area contributed by atoms with Gasteiger partial charge in [0.1, 0.15) is 13.2 Å². The first-order chi connectivity index (χ1) is 8.82. The summed E-state index contributed by atoms with van der Waals surface area (Å²) in [5.41, 5.74) is 0. The van der Waals surface area contributed by atoms with Crippen LogP contribution in [-0.4, -0.2) is 67.7 Å². The van der Waals surface area contributed by atoms with E-state index in [1.54, 1.807) is 14.1 Å². The molecular formula is C10H17N3O6. The quantitative estimate of drug-likeness (QED) is 0.513. The number of ether oxygens (including phenoxy) is 1. The van der Waals surface area contributed by atoms with Crippen molar-refractivity contribution in [3.8, 4) is 0 Å². The number of rotatable bonds is 7. The van der Waals surface area contributed by atoms with Gasteiger partial charge in [-0.15, -0.1) is 0 Å². The second kappa shape index (κ2) is 8.86. The summed E-state index contributed by atoms with van der Waals surface area (Å²) in [7, 11) is 3.18. The van der Waals surface area contributed by atoms with Gasteiger partial charge in [-0.25, -0.2) is 9.59 Å². The lowest BCUT2D eigenvalue weighted by Gasteiger charge is -2.10. The van der Waals surface area contributed by atoms with Crippen LogP contribution in [0.15, 0.2) is 0 Å². The Morgan fingerprint density at radius 1 is 1.16 bits per heavy atom. The molecule has 0 unspecified atom stereocenters. The maximum absolute atomic E-state index is 11.2. The molecule has 0 aromatic rings. The molecule has 0 rings (SSSR count). The van der Waals surface area contributed by atoms with Gasteiger partial charge in [0.2, 0.25) is 5.91 Å². The number of amides is 4. The molecule has 0 spiro atoms. The molecule has 0 aliphatic carbocycles. The summed E-state index contributed by atoms with van der Waals surface area (Å²) < 4.78 is 4.48. The van der Waals surface area contributed by atoms with Crippen molar-refractivity contribution >= 4 is 23.8 Å². The number of hydrogen-bond donors (Lipinski definition) is 3. The van der Waals surface area contributed by atoms with Gasteiger partial charge in [0.25, 0.3) is 5.91 Å². The fraction of sp³-hybridized carbons (Fsp3) is 0.600. The first kappa shape index (κ1) is 16.8. The van der Waals surface area contributed by atoms with Gasteiger partial charge in [0.05, 0.1) is 0 Å². The van der Waals surface area contributed by atoms with Crippen molar-refractivity contribution in [2.75, 3.05) is 33.9 Å². The molecule has 0 fully saturated rings. The Morgan fingerprint density at radius 2 is 1.79 bits per heavy atom. The van der Waals surface area contributed by atoms with Gasteiger partial charge in [-0.2, -0.15) is 0 Å². The average Bonchev–Trinajstić information content (AvgIpc) is 2.27. The summed E-state index contributed by atoms with van der Waals surface area (Å²) in [6.45, 7) is -1.06. The second-order valence-corrected chi connectivity index (χ2v) is 3.73. The zero-order chi connectivity index (χ0) is 14.8. The van der Waals surface area contributed by atoms with Crippen LogP contribution >= 0.6 is 0 Å². The first-order valence-corrected chi connectivity index (χ1v) is 5.40. The molecule has 19 heavy (non-hydrogen) atoms. The van der Waals surface area contributed by atoms with Gasteiger partial charge < -0.3 is 20.1 Å². The van der Waals surface area contributed by atoms with Crippen molar-refractivity contribution < 1.29 is 29.0 Å². The van der Waals surface area contributed by atoms with Crippen molar-refractivity contribution in [2.45, 2.75) is 6.42 Å². The van der Waals surface area contributed by atoms with E-state index in [0.29, 0.717) is 0 Å². The molecule has 4 amide bonds. The van der Waals surface area contributed by atoms with Crippen LogP contribution in [0.25, 0.3) is 0 Å². The smallest absolute Gasteiger partial charge is 0.329 e. The topological polar surface area (TPSA) is 125 Å². The number of carbonyl (C=O) groups excluding carboxylic acids is 3. The van der Waals surface area contributed by atoms with Crippen molar-refractivity contribution in [1.82, 2.24) is 15.5 Å². The van der Waals surface area contributed by atoms with Crippen molar-refractivity contribution in [3.05, 3.63) is 0 Å². The molecule has 0 saturated carbocycles. The Kier molecular flexibility index (Phi) is 7.85. The molecule has 0 aliphatic rings. The van der Waals surface area contributed by atoms with E-state index in [4.69, 9.17) is 5.11 Å². The van der Waals surface area contributed by atoms with Crippen LogP contribution < -0.4 is 10.6 Å². The highest BCUT2D eigenvalue weighted by molar-refractivity contribution is 5.95. The number of carboxylic acids is 1. The van der Waals surface area contributed by atoms with E-state index in [2.05, 4.69) is 10.1 Å². The van der Waals surface area contributed by atoms with Gasteiger partial charge in [0, 0.05) is 27.1 Å². The third-order valence-corrected chi connectivity index (χ3v) is 1.83. The van der Waals surface area contributed by atoms with E-state index in [0.717, 1.165) is 0 Å². The first-order valence-electron chi connectivity index (χ1n) is 5.40. The van der Waals surface area contributed by atoms with Crippen molar-refractivity contribution in [3.63, 3.8) is 0 Å². The molecule has 108 valence electrons. The summed E-state index contributed by atoms with van der Waals surface area (Å²) in [6.07, 6.45) is 0.115. The third-order valence-electron chi connectivity index (χ3n) is 1.83. The van der Waals surface area contributed by atoms with E-state index >= 15 is 0 Å². The molecule has 9 heteroatoms. The largest absolute Gasteiger partial charge is 0.480 e. The number of carboxylic acid groups (broad SMARTS) is 1. The summed E-state index contributed by atoms with van der Waals surface area (Å²) >= 11 is 0. The summed E-state index contributed by atoms with van der Waals surface area (Å²) in [5.74, 6) is -2.13. The molecule has 0 aliphatic heterocycles. The minimum Gasteiger partial charge on any atom is -0.480 e. The number of aliphatic carboxylic acids is 1. The van der Waals surface area contributed by atoms with Crippen LogP contribution in [-0.2, 0) is 19.1 Å². The molecule has 9 nitrogen and oxygen atoms in total. The van der Waals surface area contributed by atoms with E-state index in [1.165, 1.54) is 4.90 Å². The molecule has 3 N–H and O–H groups in total. The molecule has 0 saturated heterocycles. The Bertz CT molecular complexity index is 355. The van der Waals surface area contributed by atoms with Crippen LogP contribution in [0, 0.1) is 0 Å². The van der Waals surface area contributed by atoms with Crippen LogP contribution in [0.3, 0.4) is 0 Å². The van der Waals surface area contributed by atoms with Gasteiger partial charge in [-0.1, -0.05) is 0 Å². The SMILES string of the molecule is CN(C)C(=O)CCNC(=O)NC(=O)COCC(=O)O. The lowest BCUT2D eigenvalue weighted by atomic mass is 10.4. The highest BCUT2D eigenvalue weighted by atomic mass is 16.5. The normalized spacial score (nSPS) is 9.58. The minimum absolute atomic E-state index is 0.0894. The number of hydrogen-bond acceptors (Lipinski definition) is 5. The maximum atomic E-state index is 11.2. The Hall–Kier alpha value is -2.16. The van der Waals surface area contributed by atoms with Crippen LogP contribution in [0.4, 0.5) is 4.79 Å². The Morgan fingerprint density at radius 3 is 2.32 bits per heavy atom. The maximum Gasteiger partial charge on any atom is 0.329 e. The summed E-state index contributed by atoms with van der Waals surface area (Å²) in [4.78, 5) is 44.9. The fourth-order valence-electron chi connectivity index (χ4n) is 0.945. The fourth-order valence-corrected chi connectivity index (χ4v) is 0.945. The number of imide groups is 1.